The molecule has 31 heavy (non-hydrogen) atoms. The summed E-state index contributed by atoms with van der Waals surface area (Å²) < 4.78 is 6.35. The predicted molar refractivity (Wildman–Crippen MR) is 123 cm³/mol. The normalized spacial score (nSPS) is 24.4. The number of hydrogen-bond acceptors (Lipinski definition) is 5. The molecule has 5 heteroatoms. The highest BCUT2D eigenvalue weighted by Crippen LogP contribution is 2.31. The number of nitriles is 1. The van der Waals surface area contributed by atoms with Crippen molar-refractivity contribution in [1.82, 2.24) is 9.88 Å². The number of hydrogen-bond donors (Lipinski definition) is 0. The van der Waals surface area contributed by atoms with E-state index in [1.165, 1.54) is 12.0 Å². The van der Waals surface area contributed by atoms with Crippen molar-refractivity contribution in [2.75, 3.05) is 37.6 Å². The number of morpholine rings is 1. The molecule has 2 saturated heterocycles. The van der Waals surface area contributed by atoms with Crippen molar-refractivity contribution in [3.63, 3.8) is 0 Å². The molecule has 2 aliphatic heterocycles. The molecule has 0 aliphatic carbocycles. The van der Waals surface area contributed by atoms with E-state index in [-0.39, 0.29) is 12.2 Å². The van der Waals surface area contributed by atoms with Gasteiger partial charge in [0.1, 0.15) is 6.07 Å². The molecule has 2 aliphatic rings. The second-order valence-corrected chi connectivity index (χ2v) is 8.77. The first-order valence-corrected chi connectivity index (χ1v) is 11.2. The number of aromatic nitrogens is 1. The largest absolute Gasteiger partial charge is 0.370 e. The summed E-state index contributed by atoms with van der Waals surface area (Å²) in [6, 6.07) is 21.1. The van der Waals surface area contributed by atoms with E-state index < -0.39 is 0 Å². The maximum absolute atomic E-state index is 9.45. The lowest BCUT2D eigenvalue weighted by Crippen LogP contribution is -2.50. The van der Waals surface area contributed by atoms with Gasteiger partial charge in [-0.25, -0.2) is 0 Å². The standard InChI is InChI=1S/C26H28N4O/c1-19-15-30(25-10-9-21(14-27)26-24(25)8-5-12-28-26)18-23(31-19)17-29-13-11-22(16-29)20-6-3-2-4-7-20/h2-10,12,19,22-23H,11,13,15-18H2,1H3/t19-,22-,23-/m1/s1. The van der Waals surface area contributed by atoms with Crippen molar-refractivity contribution >= 4 is 16.6 Å². The number of rotatable bonds is 4. The molecule has 2 aromatic carbocycles. The van der Waals surface area contributed by atoms with Gasteiger partial charge in [-0.1, -0.05) is 30.3 Å². The van der Waals surface area contributed by atoms with Gasteiger partial charge in [0.05, 0.1) is 23.3 Å². The molecule has 2 fully saturated rings. The minimum Gasteiger partial charge on any atom is -0.370 e. The van der Waals surface area contributed by atoms with Crippen LogP contribution in [0, 0.1) is 11.3 Å². The fourth-order valence-electron chi connectivity index (χ4n) is 5.15. The van der Waals surface area contributed by atoms with Crippen LogP contribution in [0.1, 0.15) is 30.4 Å². The van der Waals surface area contributed by atoms with Crippen molar-refractivity contribution in [1.29, 1.82) is 5.26 Å². The number of pyridine rings is 1. The first kappa shape index (κ1) is 20.0. The van der Waals surface area contributed by atoms with Gasteiger partial charge in [0.25, 0.3) is 0 Å². The van der Waals surface area contributed by atoms with E-state index in [0.717, 1.165) is 49.3 Å². The van der Waals surface area contributed by atoms with Crippen LogP contribution in [0.15, 0.2) is 60.8 Å². The van der Waals surface area contributed by atoms with Crippen molar-refractivity contribution in [3.05, 3.63) is 71.9 Å². The number of nitrogens with zero attached hydrogens (tertiary/aromatic N) is 4. The molecule has 5 rings (SSSR count). The van der Waals surface area contributed by atoms with Gasteiger partial charge in [-0.05, 0) is 55.6 Å². The fourth-order valence-corrected chi connectivity index (χ4v) is 5.15. The van der Waals surface area contributed by atoms with Gasteiger partial charge in [0.2, 0.25) is 0 Å². The molecule has 0 saturated carbocycles. The van der Waals surface area contributed by atoms with E-state index >= 15 is 0 Å². The van der Waals surface area contributed by atoms with Crippen LogP contribution in [0.3, 0.4) is 0 Å². The van der Waals surface area contributed by atoms with E-state index in [4.69, 9.17) is 4.74 Å². The molecule has 0 amide bonds. The predicted octanol–water partition coefficient (Wildman–Crippen LogP) is 4.19. The van der Waals surface area contributed by atoms with Crippen LogP contribution in [0.5, 0.6) is 0 Å². The summed E-state index contributed by atoms with van der Waals surface area (Å²) >= 11 is 0. The molecular formula is C26H28N4O. The Hall–Kier alpha value is -2.94. The Kier molecular flexibility index (Phi) is 5.59. The molecular weight excluding hydrogens is 384 g/mol. The van der Waals surface area contributed by atoms with E-state index in [1.54, 1.807) is 6.20 Å². The second-order valence-electron chi connectivity index (χ2n) is 8.77. The maximum Gasteiger partial charge on any atom is 0.101 e. The van der Waals surface area contributed by atoms with E-state index in [9.17, 15) is 5.26 Å². The van der Waals surface area contributed by atoms with E-state index in [1.807, 2.05) is 12.1 Å². The molecule has 0 radical (unpaired) electrons. The van der Waals surface area contributed by atoms with Crippen molar-refractivity contribution in [2.24, 2.45) is 0 Å². The lowest BCUT2D eigenvalue weighted by molar-refractivity contribution is -0.0295. The molecule has 158 valence electrons. The van der Waals surface area contributed by atoms with Gasteiger partial charge < -0.3 is 14.5 Å². The monoisotopic (exact) mass is 412 g/mol. The minimum atomic E-state index is 0.161. The van der Waals surface area contributed by atoms with Crippen LogP contribution >= 0.6 is 0 Å². The smallest absolute Gasteiger partial charge is 0.101 e. The average Bonchev–Trinajstić information content (AvgIpc) is 3.27. The number of ether oxygens (including phenoxy) is 1. The Morgan fingerprint density at radius 1 is 1.06 bits per heavy atom. The van der Waals surface area contributed by atoms with Gasteiger partial charge in [0, 0.05) is 43.4 Å². The molecule has 0 unspecified atom stereocenters. The lowest BCUT2D eigenvalue weighted by atomic mass is 9.99. The first-order chi connectivity index (χ1) is 15.2. The summed E-state index contributed by atoms with van der Waals surface area (Å²) in [5.74, 6) is 0.617. The third kappa shape index (κ3) is 4.14. The van der Waals surface area contributed by atoms with Crippen LogP contribution in [0.25, 0.3) is 10.9 Å². The zero-order valence-electron chi connectivity index (χ0n) is 17.9. The lowest BCUT2D eigenvalue weighted by Gasteiger charge is -2.40. The summed E-state index contributed by atoms with van der Waals surface area (Å²) in [6.07, 6.45) is 3.30. The van der Waals surface area contributed by atoms with Gasteiger partial charge in [-0.15, -0.1) is 0 Å². The molecule has 1 aromatic heterocycles. The van der Waals surface area contributed by atoms with Crippen molar-refractivity contribution in [3.8, 4) is 6.07 Å². The maximum atomic E-state index is 9.45. The Morgan fingerprint density at radius 3 is 2.77 bits per heavy atom. The average molecular weight is 413 g/mol. The van der Waals surface area contributed by atoms with Crippen LogP contribution in [-0.4, -0.2) is 54.8 Å². The van der Waals surface area contributed by atoms with E-state index in [2.05, 4.69) is 70.2 Å². The van der Waals surface area contributed by atoms with Crippen molar-refractivity contribution < 1.29 is 4.74 Å². The SMILES string of the molecule is C[C@@H]1CN(c2ccc(C#N)c3ncccc23)C[C@@H](CN2CC[C@@H](c3ccccc3)C2)O1. The molecule has 0 bridgehead atoms. The summed E-state index contributed by atoms with van der Waals surface area (Å²) in [7, 11) is 0. The molecule has 0 spiro atoms. The number of fused-ring (bicyclic) bond motifs is 1. The highest BCUT2D eigenvalue weighted by atomic mass is 16.5. The number of benzene rings is 2. The van der Waals surface area contributed by atoms with Gasteiger partial charge in [-0.3, -0.25) is 4.98 Å². The van der Waals surface area contributed by atoms with Crippen LogP contribution in [0.2, 0.25) is 0 Å². The number of likely N-dealkylation sites (tertiary alicyclic amines) is 1. The number of anilines is 1. The van der Waals surface area contributed by atoms with Gasteiger partial charge in [0.15, 0.2) is 0 Å². The zero-order chi connectivity index (χ0) is 21.2. The second kappa shape index (κ2) is 8.66. The van der Waals surface area contributed by atoms with Crippen LogP contribution in [0.4, 0.5) is 5.69 Å². The summed E-state index contributed by atoms with van der Waals surface area (Å²) in [4.78, 5) is 9.44. The quantitative estimate of drug-likeness (QED) is 0.643. The van der Waals surface area contributed by atoms with E-state index in [0.29, 0.717) is 11.5 Å². The molecule has 5 nitrogen and oxygen atoms in total. The minimum absolute atomic E-state index is 0.161. The highest BCUT2D eigenvalue weighted by molar-refractivity contribution is 5.95. The summed E-state index contributed by atoms with van der Waals surface area (Å²) in [6.45, 7) is 7.03. The third-order valence-electron chi connectivity index (χ3n) is 6.54. The summed E-state index contributed by atoms with van der Waals surface area (Å²) in [5.41, 5.74) is 4.00. The fraction of sp³-hybridized carbons (Fsp3) is 0.385. The third-order valence-corrected chi connectivity index (χ3v) is 6.54. The first-order valence-electron chi connectivity index (χ1n) is 11.2. The Bertz CT molecular complexity index is 1090. The Balaban J connectivity index is 1.31. The topological polar surface area (TPSA) is 52.4 Å². The van der Waals surface area contributed by atoms with Gasteiger partial charge in [-0.2, -0.15) is 5.26 Å². The van der Waals surface area contributed by atoms with Crippen LogP contribution in [-0.2, 0) is 4.74 Å². The van der Waals surface area contributed by atoms with Gasteiger partial charge >= 0.3 is 0 Å². The molecule has 3 atom stereocenters. The van der Waals surface area contributed by atoms with Crippen LogP contribution < -0.4 is 4.90 Å². The molecule has 3 heterocycles. The zero-order valence-corrected chi connectivity index (χ0v) is 17.9. The Labute approximate surface area is 183 Å². The molecule has 0 N–H and O–H groups in total. The summed E-state index contributed by atoms with van der Waals surface area (Å²) in [5, 5.41) is 10.5. The Morgan fingerprint density at radius 2 is 1.94 bits per heavy atom. The van der Waals surface area contributed by atoms with Crippen molar-refractivity contribution in [2.45, 2.75) is 31.5 Å². The molecule has 3 aromatic rings. The highest BCUT2D eigenvalue weighted by Gasteiger charge is 2.31.